The number of fused-ring (bicyclic) bond motifs is 2. The molecule has 0 radical (unpaired) electrons. The largest absolute Gasteiger partial charge is 0.488 e. The Morgan fingerprint density at radius 3 is 0.843 bits per heavy atom. The summed E-state index contributed by atoms with van der Waals surface area (Å²) in [6.45, 7) is 11.5. The predicted octanol–water partition coefficient (Wildman–Crippen LogP) is 16.8. The van der Waals surface area contributed by atoms with Crippen LogP contribution in [0.15, 0.2) is 125 Å². The van der Waals surface area contributed by atoms with Crippen molar-refractivity contribution in [2.75, 3.05) is 57.0 Å². The summed E-state index contributed by atoms with van der Waals surface area (Å²) in [5.74, 6) is 0. The van der Waals surface area contributed by atoms with Gasteiger partial charge in [-0.15, -0.1) is 0 Å². The molecule has 4 heterocycles. The van der Waals surface area contributed by atoms with Crippen LogP contribution in [0, 0.1) is 0 Å². The van der Waals surface area contributed by atoms with Crippen molar-refractivity contribution in [2.24, 2.45) is 0 Å². The van der Waals surface area contributed by atoms with Gasteiger partial charge in [-0.1, -0.05) is 200 Å². The van der Waals surface area contributed by atoms with E-state index in [4.69, 9.17) is 10.0 Å². The second-order valence-corrected chi connectivity index (χ2v) is 26.0. The van der Waals surface area contributed by atoms with Gasteiger partial charge in [0.25, 0.3) is 22.2 Å². The summed E-state index contributed by atoms with van der Waals surface area (Å²) in [5.41, 5.74) is 10.2. The summed E-state index contributed by atoms with van der Waals surface area (Å²) in [7, 11) is 10.6. The number of rotatable bonds is 34. The van der Waals surface area contributed by atoms with E-state index in [0.29, 0.717) is 51.7 Å². The molecule has 0 bridgehead atoms. The maximum Gasteiger partial charge on any atom is 0.488 e. The van der Waals surface area contributed by atoms with Crippen LogP contribution in [0.2, 0.25) is 0 Å². The van der Waals surface area contributed by atoms with Gasteiger partial charge in [0.1, 0.15) is 0 Å². The third-order valence-electron chi connectivity index (χ3n) is 16.7. The minimum atomic E-state index is -1.37. The normalized spacial score (nSPS) is 11.0. The lowest BCUT2D eigenvalue weighted by Crippen LogP contribution is -2.29. The molecular formula is C73H108BBr2N7O6. The fourth-order valence-electron chi connectivity index (χ4n) is 11.2. The molecule has 488 valence electrons. The van der Waals surface area contributed by atoms with Crippen LogP contribution in [0.25, 0.3) is 44.3 Å². The fraction of sp³-hybridized carbons (Fsp3) is 0.534. The number of pyridine rings is 4. The van der Waals surface area contributed by atoms with Crippen LogP contribution in [-0.2, 0) is 26.2 Å². The number of hydrogen-bond donors (Lipinski definition) is 2. The van der Waals surface area contributed by atoms with Gasteiger partial charge >= 0.3 is 7.12 Å². The predicted molar refractivity (Wildman–Crippen MR) is 391 cm³/mol. The number of halogens is 2. The quantitative estimate of drug-likeness (QED) is 0.0298. The highest BCUT2D eigenvalue weighted by Gasteiger charge is 2.20. The van der Waals surface area contributed by atoms with Crippen LogP contribution in [0.5, 0.6) is 0 Å². The first kappa shape index (κ1) is 75.8. The Morgan fingerprint density at radius 1 is 0.348 bits per heavy atom. The SMILES string of the molecule is C.CCCCCCCCn1c(=O)c(-c2ccc(N(C)C)cc2)cc2c1cc(-c1ccc(N(C)C)cc1)c(=O)n2CCCCCCCC.CCCCCCCCn1c(=O)c(Br)cc2c1cc(Br)c(=O)n2CCCCCCCC.CN(C)c1ccc(B(O)O)cc1. The van der Waals surface area contributed by atoms with Crippen molar-refractivity contribution >= 4 is 83.6 Å². The Hall–Kier alpha value is -5.68. The van der Waals surface area contributed by atoms with Gasteiger partial charge in [0.2, 0.25) is 0 Å². The highest BCUT2D eigenvalue weighted by Crippen LogP contribution is 2.29. The monoisotopic (exact) mass is 1350 g/mol. The van der Waals surface area contributed by atoms with Crippen molar-refractivity contribution in [2.45, 2.75) is 215 Å². The third-order valence-corrected chi connectivity index (χ3v) is 17.8. The minimum Gasteiger partial charge on any atom is -0.423 e. The van der Waals surface area contributed by atoms with Crippen LogP contribution >= 0.6 is 31.9 Å². The summed E-state index contributed by atoms with van der Waals surface area (Å²) in [5, 5.41) is 17.6. The van der Waals surface area contributed by atoms with Crippen molar-refractivity contribution in [3.8, 4) is 22.3 Å². The number of aromatic nitrogens is 4. The third kappa shape index (κ3) is 22.9. The smallest absolute Gasteiger partial charge is 0.423 e. The van der Waals surface area contributed by atoms with Crippen molar-refractivity contribution in [3.63, 3.8) is 0 Å². The number of unbranched alkanes of at least 4 members (excludes halogenated alkanes) is 20. The number of benzene rings is 3. The number of nitrogens with zero attached hydrogens (tertiary/aromatic N) is 7. The molecule has 0 aliphatic heterocycles. The van der Waals surface area contributed by atoms with Gasteiger partial charge in [-0.3, -0.25) is 19.2 Å². The summed E-state index contributed by atoms with van der Waals surface area (Å²) in [6, 6.07) is 31.0. The Balaban J connectivity index is 0.000000335. The van der Waals surface area contributed by atoms with Crippen LogP contribution in [0.3, 0.4) is 0 Å². The van der Waals surface area contributed by atoms with Gasteiger partial charge in [-0.2, -0.15) is 0 Å². The molecule has 0 aliphatic rings. The zero-order valence-electron chi connectivity index (χ0n) is 55.0. The van der Waals surface area contributed by atoms with E-state index in [1.54, 1.807) is 12.1 Å². The first-order valence-electron chi connectivity index (χ1n) is 33.0. The van der Waals surface area contributed by atoms with Crippen LogP contribution in [0.1, 0.15) is 189 Å². The van der Waals surface area contributed by atoms with E-state index in [0.717, 1.165) is 102 Å². The lowest BCUT2D eigenvalue weighted by molar-refractivity contribution is 0.426. The first-order valence-corrected chi connectivity index (χ1v) is 34.6. The Labute approximate surface area is 550 Å². The molecule has 7 aromatic rings. The van der Waals surface area contributed by atoms with E-state index in [1.165, 1.54) is 103 Å². The molecule has 3 aromatic carbocycles. The highest BCUT2D eigenvalue weighted by molar-refractivity contribution is 9.10. The Bertz CT molecular complexity index is 3220. The van der Waals surface area contributed by atoms with Crippen LogP contribution in [-0.4, -0.2) is 77.7 Å². The first-order chi connectivity index (χ1) is 42.4. The second kappa shape index (κ2) is 40.2. The van der Waals surface area contributed by atoms with Crippen molar-refractivity contribution in [1.82, 2.24) is 18.3 Å². The topological polar surface area (TPSA) is 138 Å². The van der Waals surface area contributed by atoms with E-state index in [2.05, 4.69) is 93.6 Å². The molecule has 4 aromatic heterocycles. The van der Waals surface area contributed by atoms with Gasteiger partial charge < -0.3 is 43.0 Å². The lowest BCUT2D eigenvalue weighted by Gasteiger charge is -2.19. The Kier molecular flexibility index (Phi) is 34.3. The maximum absolute atomic E-state index is 14.4. The average Bonchev–Trinajstić information content (AvgIpc) is 0.861. The Morgan fingerprint density at radius 2 is 0.584 bits per heavy atom. The van der Waals surface area contributed by atoms with Crippen molar-refractivity contribution in [3.05, 3.63) is 147 Å². The van der Waals surface area contributed by atoms with Gasteiger partial charge in [0.05, 0.1) is 31.0 Å². The molecule has 16 heteroatoms. The van der Waals surface area contributed by atoms with E-state index >= 15 is 0 Å². The summed E-state index contributed by atoms with van der Waals surface area (Å²) >= 11 is 6.88. The zero-order chi connectivity index (χ0) is 64.1. The molecule has 89 heavy (non-hydrogen) atoms. The maximum atomic E-state index is 14.4. The lowest BCUT2D eigenvalue weighted by atomic mass is 9.80. The van der Waals surface area contributed by atoms with Crippen LogP contribution in [0.4, 0.5) is 17.1 Å². The van der Waals surface area contributed by atoms with E-state index < -0.39 is 7.12 Å². The van der Waals surface area contributed by atoms with E-state index in [1.807, 2.05) is 126 Å². The molecule has 0 fully saturated rings. The molecule has 0 spiro atoms. The van der Waals surface area contributed by atoms with Gasteiger partial charge in [0, 0.05) is 96.7 Å². The van der Waals surface area contributed by atoms with Crippen molar-refractivity contribution < 1.29 is 10.0 Å². The second-order valence-electron chi connectivity index (χ2n) is 24.3. The fourth-order valence-corrected chi connectivity index (χ4v) is 12.1. The zero-order valence-corrected chi connectivity index (χ0v) is 58.2. The standard InChI is InChI=1S/C40H56N4O2.C24H36Br2N2O2.C8H12BNO2.CH4/c1-7-9-11-13-15-17-27-43-37-29-36(32-21-25-34(26-22-32)42(5)6)40(46)44(28-18-16-14-12-10-8-2)38(37)30-35(39(43)45)31-19-23-33(24-20-31)41(3)4;1-3-5-7-9-11-13-15-27-21-17-20(26)24(30)28(16-14-12-10-8-6-4-2)22(21)18-19(25)23(27)29;1-10(2)8-5-3-7(4-6-8)9(11)12;/h19-26,29-30H,7-18,27-28H2,1-6H3;17-18H,3-16H2,1-2H3;3-6,11-12H,1-2H3;1H4. The number of anilines is 3. The molecule has 7 rings (SSSR count). The molecule has 2 N–H and O–H groups in total. The van der Waals surface area contributed by atoms with Gasteiger partial charge in [0.15, 0.2) is 0 Å². The molecule has 0 aliphatic carbocycles. The summed E-state index contributed by atoms with van der Waals surface area (Å²) in [4.78, 5) is 60.4. The van der Waals surface area contributed by atoms with E-state index in [9.17, 15) is 19.2 Å². The summed E-state index contributed by atoms with van der Waals surface area (Å²) < 4.78 is 8.64. The number of aryl methyl sites for hydroxylation is 4. The van der Waals surface area contributed by atoms with Gasteiger partial charge in [-0.05, 0) is 135 Å². The molecule has 0 saturated carbocycles. The molecule has 0 atom stereocenters. The van der Waals surface area contributed by atoms with Gasteiger partial charge in [-0.25, -0.2) is 0 Å². The molecular weight excluding hydrogens is 1240 g/mol. The molecule has 0 saturated heterocycles. The molecule has 0 amide bonds. The number of hydrogen-bond acceptors (Lipinski definition) is 9. The molecule has 13 nitrogen and oxygen atoms in total. The van der Waals surface area contributed by atoms with Crippen molar-refractivity contribution in [1.29, 1.82) is 0 Å². The summed E-state index contributed by atoms with van der Waals surface area (Å²) in [6.07, 6.45) is 28.0. The van der Waals surface area contributed by atoms with E-state index in [-0.39, 0.29) is 29.7 Å². The highest BCUT2D eigenvalue weighted by atomic mass is 79.9. The molecule has 0 unspecified atom stereocenters. The minimum absolute atomic E-state index is 0. The average molecular weight is 1350 g/mol. The van der Waals surface area contributed by atoms with Crippen LogP contribution < -0.4 is 42.4 Å².